The predicted molar refractivity (Wildman–Crippen MR) is 61.8 cm³/mol. The van der Waals surface area contributed by atoms with Gasteiger partial charge in [0.2, 0.25) is 0 Å². The monoisotopic (exact) mass is 219 g/mol. The maximum atomic E-state index is 4.06. The van der Waals surface area contributed by atoms with Crippen molar-refractivity contribution in [2.75, 3.05) is 0 Å². The van der Waals surface area contributed by atoms with E-state index in [4.69, 9.17) is 0 Å². The van der Waals surface area contributed by atoms with Crippen LogP contribution < -0.4 is 5.32 Å². The van der Waals surface area contributed by atoms with Crippen molar-refractivity contribution in [3.63, 3.8) is 0 Å². The summed E-state index contributed by atoms with van der Waals surface area (Å²) >= 11 is 0. The summed E-state index contributed by atoms with van der Waals surface area (Å²) < 4.78 is 2.20. The molecule has 0 unspecified atom stereocenters. The Morgan fingerprint density at radius 1 is 1.38 bits per heavy atom. The van der Waals surface area contributed by atoms with E-state index >= 15 is 0 Å². The van der Waals surface area contributed by atoms with Crippen LogP contribution in [0.25, 0.3) is 0 Å². The Labute approximate surface area is 94.9 Å². The normalized spacial score (nSPS) is 10.9. The molecule has 5 nitrogen and oxygen atoms in total. The van der Waals surface area contributed by atoms with Crippen LogP contribution in [0.5, 0.6) is 0 Å². The summed E-state index contributed by atoms with van der Waals surface area (Å²) in [7, 11) is 2.09. The summed E-state index contributed by atoms with van der Waals surface area (Å²) in [5.74, 6) is 0.866. The second-order valence-corrected chi connectivity index (χ2v) is 3.99. The summed E-state index contributed by atoms with van der Waals surface area (Å²) in [5.41, 5.74) is 3.93. The fourth-order valence-corrected chi connectivity index (χ4v) is 1.74. The SMILES string of the molecule is Cc1cc(CNCc2ncn[nH]2)c(C)n1C. The molecule has 0 fully saturated rings. The largest absolute Gasteiger partial charge is 0.352 e. The molecule has 0 aromatic carbocycles. The molecule has 0 saturated heterocycles. The van der Waals surface area contributed by atoms with E-state index in [0.717, 1.165) is 12.4 Å². The zero-order valence-electron chi connectivity index (χ0n) is 9.91. The highest BCUT2D eigenvalue weighted by Crippen LogP contribution is 2.12. The molecule has 0 aliphatic carbocycles. The summed E-state index contributed by atoms with van der Waals surface area (Å²) in [4.78, 5) is 4.06. The first-order valence-corrected chi connectivity index (χ1v) is 5.35. The van der Waals surface area contributed by atoms with Crippen molar-refractivity contribution >= 4 is 0 Å². The van der Waals surface area contributed by atoms with Crippen LogP contribution in [0, 0.1) is 13.8 Å². The molecule has 2 aromatic rings. The molecule has 2 N–H and O–H groups in total. The number of H-pyrrole nitrogens is 1. The van der Waals surface area contributed by atoms with E-state index in [1.165, 1.54) is 23.3 Å². The van der Waals surface area contributed by atoms with Crippen molar-refractivity contribution in [2.45, 2.75) is 26.9 Å². The topological polar surface area (TPSA) is 58.5 Å². The van der Waals surface area contributed by atoms with Gasteiger partial charge < -0.3 is 9.88 Å². The first-order chi connectivity index (χ1) is 7.68. The van der Waals surface area contributed by atoms with Crippen LogP contribution in [-0.4, -0.2) is 19.7 Å². The van der Waals surface area contributed by atoms with Gasteiger partial charge in [-0.15, -0.1) is 0 Å². The summed E-state index contributed by atoms with van der Waals surface area (Å²) in [6, 6.07) is 2.21. The van der Waals surface area contributed by atoms with Crippen molar-refractivity contribution in [1.29, 1.82) is 0 Å². The van der Waals surface area contributed by atoms with Crippen molar-refractivity contribution < 1.29 is 0 Å². The first kappa shape index (κ1) is 10.9. The molecular weight excluding hydrogens is 202 g/mol. The summed E-state index contributed by atoms with van der Waals surface area (Å²) in [6.45, 7) is 5.83. The first-order valence-electron chi connectivity index (χ1n) is 5.35. The molecule has 0 amide bonds. The van der Waals surface area contributed by atoms with Crippen molar-refractivity contribution in [3.05, 3.63) is 35.2 Å². The number of aromatic nitrogens is 4. The van der Waals surface area contributed by atoms with E-state index in [1.807, 2.05) is 0 Å². The Hall–Kier alpha value is -1.62. The third kappa shape index (κ3) is 2.14. The zero-order valence-corrected chi connectivity index (χ0v) is 9.91. The fourth-order valence-electron chi connectivity index (χ4n) is 1.74. The molecule has 0 aliphatic heterocycles. The predicted octanol–water partition coefficient (Wildman–Crippen LogP) is 1.05. The maximum absolute atomic E-state index is 4.06. The van der Waals surface area contributed by atoms with Crippen LogP contribution in [0.15, 0.2) is 12.4 Å². The van der Waals surface area contributed by atoms with Gasteiger partial charge in [0.15, 0.2) is 0 Å². The highest BCUT2D eigenvalue weighted by Gasteiger charge is 2.05. The number of nitrogens with zero attached hydrogens (tertiary/aromatic N) is 3. The van der Waals surface area contributed by atoms with Gasteiger partial charge in [0.25, 0.3) is 0 Å². The minimum atomic E-state index is 0.716. The number of nitrogens with one attached hydrogen (secondary N) is 2. The van der Waals surface area contributed by atoms with Gasteiger partial charge in [0.1, 0.15) is 12.2 Å². The van der Waals surface area contributed by atoms with Crippen molar-refractivity contribution in [2.24, 2.45) is 7.05 Å². The van der Waals surface area contributed by atoms with Gasteiger partial charge in [-0.2, -0.15) is 5.10 Å². The molecule has 86 valence electrons. The quantitative estimate of drug-likeness (QED) is 0.808. The molecule has 2 aromatic heterocycles. The van der Waals surface area contributed by atoms with Crippen LogP contribution in [0.2, 0.25) is 0 Å². The fraction of sp³-hybridized carbons (Fsp3) is 0.455. The van der Waals surface area contributed by atoms with E-state index in [1.54, 1.807) is 0 Å². The third-order valence-corrected chi connectivity index (χ3v) is 2.95. The van der Waals surface area contributed by atoms with Gasteiger partial charge in [-0.05, 0) is 25.5 Å². The third-order valence-electron chi connectivity index (χ3n) is 2.95. The van der Waals surface area contributed by atoms with Gasteiger partial charge in [0.05, 0.1) is 6.54 Å². The Kier molecular flexibility index (Phi) is 3.05. The number of aryl methyl sites for hydroxylation is 1. The van der Waals surface area contributed by atoms with Crippen molar-refractivity contribution in [3.8, 4) is 0 Å². The van der Waals surface area contributed by atoms with Gasteiger partial charge in [-0.25, -0.2) is 4.98 Å². The highest BCUT2D eigenvalue weighted by atomic mass is 15.2. The Morgan fingerprint density at radius 2 is 2.19 bits per heavy atom. The number of aromatic amines is 1. The lowest BCUT2D eigenvalue weighted by Gasteiger charge is -2.03. The van der Waals surface area contributed by atoms with E-state index in [2.05, 4.69) is 52.0 Å². The Morgan fingerprint density at radius 3 is 2.75 bits per heavy atom. The Bertz CT molecular complexity index is 455. The van der Waals surface area contributed by atoms with Crippen molar-refractivity contribution in [1.82, 2.24) is 25.1 Å². The molecule has 0 radical (unpaired) electrons. The van der Waals surface area contributed by atoms with Gasteiger partial charge in [-0.1, -0.05) is 0 Å². The van der Waals surface area contributed by atoms with Gasteiger partial charge >= 0.3 is 0 Å². The zero-order chi connectivity index (χ0) is 11.5. The average molecular weight is 219 g/mol. The molecule has 2 rings (SSSR count). The van der Waals surface area contributed by atoms with Crippen LogP contribution in [0.1, 0.15) is 22.8 Å². The van der Waals surface area contributed by atoms with E-state index in [-0.39, 0.29) is 0 Å². The molecule has 0 aliphatic rings. The standard InChI is InChI=1S/C11H17N5/c1-8-4-10(9(2)16(8)3)5-12-6-11-13-7-14-15-11/h4,7,12H,5-6H2,1-3H3,(H,13,14,15). The Balaban J connectivity index is 1.92. The molecule has 0 spiro atoms. The average Bonchev–Trinajstić information content (AvgIpc) is 2.85. The molecular formula is C11H17N5. The second-order valence-electron chi connectivity index (χ2n) is 3.99. The van der Waals surface area contributed by atoms with E-state index in [0.29, 0.717) is 6.54 Å². The lowest BCUT2D eigenvalue weighted by atomic mass is 10.2. The van der Waals surface area contributed by atoms with E-state index in [9.17, 15) is 0 Å². The summed E-state index contributed by atoms with van der Waals surface area (Å²) in [5, 5.41) is 9.97. The lowest BCUT2D eigenvalue weighted by molar-refractivity contribution is 0.660. The number of hydrogen-bond donors (Lipinski definition) is 2. The maximum Gasteiger partial charge on any atom is 0.138 e. The van der Waals surface area contributed by atoms with Crippen LogP contribution in [-0.2, 0) is 20.1 Å². The van der Waals surface area contributed by atoms with Crippen LogP contribution >= 0.6 is 0 Å². The molecule has 2 heterocycles. The minimum absolute atomic E-state index is 0.716. The summed E-state index contributed by atoms with van der Waals surface area (Å²) in [6.07, 6.45) is 1.52. The molecule has 5 heteroatoms. The number of rotatable bonds is 4. The lowest BCUT2D eigenvalue weighted by Crippen LogP contribution is -2.14. The van der Waals surface area contributed by atoms with Gasteiger partial charge in [-0.3, -0.25) is 5.10 Å². The molecule has 0 bridgehead atoms. The second kappa shape index (κ2) is 4.49. The molecule has 0 saturated carbocycles. The highest BCUT2D eigenvalue weighted by molar-refractivity contribution is 5.26. The van der Waals surface area contributed by atoms with Crippen LogP contribution in [0.3, 0.4) is 0 Å². The van der Waals surface area contributed by atoms with E-state index < -0.39 is 0 Å². The van der Waals surface area contributed by atoms with Crippen LogP contribution in [0.4, 0.5) is 0 Å². The minimum Gasteiger partial charge on any atom is -0.352 e. The van der Waals surface area contributed by atoms with Gasteiger partial charge in [0, 0.05) is 25.0 Å². The molecule has 16 heavy (non-hydrogen) atoms. The molecule has 0 atom stereocenters. The smallest absolute Gasteiger partial charge is 0.138 e. The number of hydrogen-bond acceptors (Lipinski definition) is 3.